The molecule has 3 N–H and O–H groups in total. The Labute approximate surface area is 162 Å². The Morgan fingerprint density at radius 3 is 2.07 bits per heavy atom. The van der Waals surface area contributed by atoms with Crippen LogP contribution in [0.4, 0.5) is 5.69 Å². The standard InChI is InChI=1S/C21H17NO5S/c22-19-11-13(9-10-20(19)28(24,25)26)21(23)27-12-18-16-7-3-1-5-14(16)15-6-2-4-8-17(15)18/h1-11,18H,12,22H2,(H,24,25,26). The van der Waals surface area contributed by atoms with E-state index in [1.165, 1.54) is 12.1 Å². The highest BCUT2D eigenvalue weighted by Gasteiger charge is 2.29. The quantitative estimate of drug-likeness (QED) is 0.398. The van der Waals surface area contributed by atoms with Crippen molar-refractivity contribution in [2.75, 3.05) is 12.3 Å². The van der Waals surface area contributed by atoms with Gasteiger partial charge in [-0.25, -0.2) is 4.79 Å². The molecule has 28 heavy (non-hydrogen) atoms. The molecule has 1 aliphatic rings. The molecule has 6 nitrogen and oxygen atoms in total. The van der Waals surface area contributed by atoms with Crippen LogP contribution in [0.5, 0.6) is 0 Å². The van der Waals surface area contributed by atoms with E-state index in [9.17, 15) is 13.2 Å². The van der Waals surface area contributed by atoms with Crippen LogP contribution in [0, 0.1) is 0 Å². The van der Waals surface area contributed by atoms with Crippen molar-refractivity contribution in [1.29, 1.82) is 0 Å². The number of carbonyl (C=O) groups excluding carboxylic acids is 1. The molecule has 0 bridgehead atoms. The molecule has 7 heteroatoms. The Kier molecular flexibility index (Phi) is 4.41. The number of ether oxygens (including phenoxy) is 1. The minimum Gasteiger partial charge on any atom is -0.461 e. The van der Waals surface area contributed by atoms with Gasteiger partial charge in [-0.2, -0.15) is 8.42 Å². The molecular weight excluding hydrogens is 378 g/mol. The van der Waals surface area contributed by atoms with Crippen LogP contribution in [-0.4, -0.2) is 25.5 Å². The zero-order chi connectivity index (χ0) is 19.9. The van der Waals surface area contributed by atoms with Crippen LogP contribution in [0.3, 0.4) is 0 Å². The molecule has 0 saturated carbocycles. The third-order valence-corrected chi connectivity index (χ3v) is 5.79. The number of nitrogens with two attached hydrogens (primary N) is 1. The molecule has 0 saturated heterocycles. The van der Waals surface area contributed by atoms with Crippen molar-refractivity contribution >= 4 is 21.8 Å². The highest BCUT2D eigenvalue weighted by atomic mass is 32.2. The van der Waals surface area contributed by atoms with E-state index in [0.29, 0.717) is 0 Å². The number of anilines is 1. The highest BCUT2D eigenvalue weighted by molar-refractivity contribution is 7.86. The van der Waals surface area contributed by atoms with E-state index < -0.39 is 21.0 Å². The summed E-state index contributed by atoms with van der Waals surface area (Å²) in [6.45, 7) is 0.146. The van der Waals surface area contributed by atoms with Crippen LogP contribution < -0.4 is 5.73 Å². The SMILES string of the molecule is Nc1cc(C(=O)OCC2c3ccccc3-c3ccccc32)ccc1S(=O)(=O)O. The van der Waals surface area contributed by atoms with E-state index >= 15 is 0 Å². The Hall–Kier alpha value is -3.16. The first-order valence-electron chi connectivity index (χ1n) is 8.58. The summed E-state index contributed by atoms with van der Waals surface area (Å²) in [6, 6.07) is 19.5. The maximum absolute atomic E-state index is 12.4. The summed E-state index contributed by atoms with van der Waals surface area (Å²) in [5.41, 5.74) is 9.99. The van der Waals surface area contributed by atoms with Gasteiger partial charge in [0.05, 0.1) is 11.3 Å². The Morgan fingerprint density at radius 2 is 1.54 bits per heavy atom. The molecule has 0 radical (unpaired) electrons. The zero-order valence-corrected chi connectivity index (χ0v) is 15.5. The molecule has 1 aliphatic carbocycles. The summed E-state index contributed by atoms with van der Waals surface area (Å²) < 4.78 is 37.1. The lowest BCUT2D eigenvalue weighted by Crippen LogP contribution is -2.13. The van der Waals surface area contributed by atoms with Crippen LogP contribution >= 0.6 is 0 Å². The molecule has 142 valence electrons. The number of esters is 1. The van der Waals surface area contributed by atoms with Gasteiger partial charge in [0.1, 0.15) is 11.5 Å². The maximum atomic E-state index is 12.4. The van der Waals surface area contributed by atoms with Crippen molar-refractivity contribution in [3.8, 4) is 11.1 Å². The van der Waals surface area contributed by atoms with E-state index in [4.69, 9.17) is 15.0 Å². The minimum atomic E-state index is -4.45. The molecule has 3 aromatic rings. The Morgan fingerprint density at radius 1 is 0.964 bits per heavy atom. The summed E-state index contributed by atoms with van der Waals surface area (Å²) >= 11 is 0. The summed E-state index contributed by atoms with van der Waals surface area (Å²) in [4.78, 5) is 12.0. The van der Waals surface area contributed by atoms with Gasteiger partial charge in [0, 0.05) is 5.92 Å². The highest BCUT2D eigenvalue weighted by Crippen LogP contribution is 2.44. The third-order valence-electron chi connectivity index (χ3n) is 4.87. The fourth-order valence-electron chi connectivity index (χ4n) is 3.59. The lowest BCUT2D eigenvalue weighted by Gasteiger charge is -2.14. The van der Waals surface area contributed by atoms with Gasteiger partial charge in [-0.15, -0.1) is 0 Å². The summed E-state index contributed by atoms with van der Waals surface area (Å²) in [5.74, 6) is -0.693. The molecule has 0 fully saturated rings. The van der Waals surface area contributed by atoms with Crippen molar-refractivity contribution in [1.82, 2.24) is 0 Å². The van der Waals surface area contributed by atoms with Crippen LogP contribution in [0.15, 0.2) is 71.6 Å². The Balaban J connectivity index is 1.57. The number of hydrogen-bond donors (Lipinski definition) is 2. The number of nitrogen functional groups attached to an aromatic ring is 1. The average molecular weight is 395 g/mol. The van der Waals surface area contributed by atoms with Gasteiger partial charge in [-0.05, 0) is 40.5 Å². The first kappa shape index (κ1) is 18.2. The molecule has 0 unspecified atom stereocenters. The normalized spacial score (nSPS) is 13.0. The summed E-state index contributed by atoms with van der Waals surface area (Å²) in [7, 11) is -4.45. The van der Waals surface area contributed by atoms with E-state index in [0.717, 1.165) is 28.3 Å². The van der Waals surface area contributed by atoms with Gasteiger partial charge in [-0.1, -0.05) is 48.5 Å². The van der Waals surface area contributed by atoms with Gasteiger partial charge in [0.15, 0.2) is 0 Å². The fraction of sp³-hybridized carbons (Fsp3) is 0.0952. The van der Waals surface area contributed by atoms with E-state index in [-0.39, 0.29) is 23.8 Å². The van der Waals surface area contributed by atoms with Crippen LogP contribution in [0.1, 0.15) is 27.4 Å². The van der Waals surface area contributed by atoms with Gasteiger partial charge in [-0.3, -0.25) is 4.55 Å². The molecular formula is C21H17NO5S. The molecule has 3 aromatic carbocycles. The number of rotatable bonds is 4. The van der Waals surface area contributed by atoms with Crippen molar-refractivity contribution in [3.05, 3.63) is 83.4 Å². The van der Waals surface area contributed by atoms with Crippen molar-refractivity contribution in [2.45, 2.75) is 10.8 Å². The van der Waals surface area contributed by atoms with Crippen LogP contribution in [-0.2, 0) is 14.9 Å². The van der Waals surface area contributed by atoms with Gasteiger partial charge in [0.25, 0.3) is 10.1 Å². The number of hydrogen-bond acceptors (Lipinski definition) is 5. The topological polar surface area (TPSA) is 107 Å². The summed E-state index contributed by atoms with van der Waals surface area (Å²) in [5, 5.41) is 0. The monoisotopic (exact) mass is 395 g/mol. The van der Waals surface area contributed by atoms with Crippen LogP contribution in [0.2, 0.25) is 0 Å². The van der Waals surface area contributed by atoms with Crippen LogP contribution in [0.25, 0.3) is 11.1 Å². The smallest absolute Gasteiger partial charge is 0.338 e. The zero-order valence-electron chi connectivity index (χ0n) is 14.7. The van der Waals surface area contributed by atoms with E-state index in [2.05, 4.69) is 0 Å². The first-order valence-corrected chi connectivity index (χ1v) is 10.0. The second-order valence-electron chi connectivity index (χ2n) is 6.55. The molecule has 0 aromatic heterocycles. The second-order valence-corrected chi connectivity index (χ2v) is 7.94. The lowest BCUT2D eigenvalue weighted by molar-refractivity contribution is 0.0493. The van der Waals surface area contributed by atoms with E-state index in [1.807, 2.05) is 48.5 Å². The Bertz CT molecular complexity index is 1140. The third kappa shape index (κ3) is 3.15. The number of carbonyl (C=O) groups is 1. The minimum absolute atomic E-state index is 0.0780. The van der Waals surface area contributed by atoms with Gasteiger partial charge in [0.2, 0.25) is 0 Å². The van der Waals surface area contributed by atoms with Crippen molar-refractivity contribution in [3.63, 3.8) is 0 Å². The summed E-state index contributed by atoms with van der Waals surface area (Å²) in [6.07, 6.45) is 0. The maximum Gasteiger partial charge on any atom is 0.338 e. The molecule has 0 heterocycles. The number of benzene rings is 3. The van der Waals surface area contributed by atoms with Crippen molar-refractivity contribution in [2.24, 2.45) is 0 Å². The van der Waals surface area contributed by atoms with Gasteiger partial charge < -0.3 is 10.5 Å². The molecule has 4 rings (SSSR count). The van der Waals surface area contributed by atoms with E-state index in [1.54, 1.807) is 0 Å². The largest absolute Gasteiger partial charge is 0.461 e. The average Bonchev–Trinajstić information content (AvgIpc) is 2.99. The predicted molar refractivity (Wildman–Crippen MR) is 105 cm³/mol. The molecule has 0 aliphatic heterocycles. The first-order chi connectivity index (χ1) is 13.4. The van der Waals surface area contributed by atoms with Gasteiger partial charge >= 0.3 is 5.97 Å². The number of fused-ring (bicyclic) bond motifs is 3. The molecule has 0 amide bonds. The van der Waals surface area contributed by atoms with Crippen molar-refractivity contribution < 1.29 is 22.5 Å². The lowest BCUT2D eigenvalue weighted by atomic mass is 9.98. The second kappa shape index (κ2) is 6.78. The fourth-order valence-corrected chi connectivity index (χ4v) is 4.19. The molecule has 0 atom stereocenters. The predicted octanol–water partition coefficient (Wildman–Crippen LogP) is 3.48. The molecule has 0 spiro atoms.